The zero-order chi connectivity index (χ0) is 14.6. The second kappa shape index (κ2) is 6.28. The molecule has 0 unspecified atom stereocenters. The van der Waals surface area contributed by atoms with E-state index in [-0.39, 0.29) is 17.0 Å². The number of carbonyl (C=O) groups is 1. The van der Waals surface area contributed by atoms with Gasteiger partial charge < -0.3 is 10.1 Å². The average Bonchev–Trinajstić information content (AvgIpc) is 2.46. The first-order valence-corrected chi connectivity index (χ1v) is 6.71. The number of hydrogen-bond donors (Lipinski definition) is 1. The normalized spacial score (nSPS) is 16.9. The molecule has 1 N–H and O–H groups in total. The van der Waals surface area contributed by atoms with Crippen LogP contribution in [0.15, 0.2) is 18.3 Å². The van der Waals surface area contributed by atoms with Crippen LogP contribution in [-0.2, 0) is 4.74 Å². The highest BCUT2D eigenvalue weighted by molar-refractivity contribution is 5.94. The molecule has 6 heteroatoms. The van der Waals surface area contributed by atoms with E-state index in [0.29, 0.717) is 19.8 Å². The number of amides is 1. The molecule has 0 radical (unpaired) electrons. The number of halogens is 1. The van der Waals surface area contributed by atoms with Crippen LogP contribution in [0.4, 0.5) is 4.39 Å². The molecule has 1 aliphatic heterocycles. The highest BCUT2D eigenvalue weighted by Crippen LogP contribution is 2.15. The largest absolute Gasteiger partial charge is 0.379 e. The van der Waals surface area contributed by atoms with Crippen LogP contribution in [0.2, 0.25) is 0 Å². The maximum absolute atomic E-state index is 13.0. The molecule has 20 heavy (non-hydrogen) atoms. The molecule has 0 spiro atoms. The van der Waals surface area contributed by atoms with Gasteiger partial charge >= 0.3 is 0 Å². The van der Waals surface area contributed by atoms with Crippen molar-refractivity contribution in [2.75, 3.05) is 32.8 Å². The molecule has 1 aromatic rings. The average molecular weight is 281 g/mol. The molecule has 1 amide bonds. The van der Waals surface area contributed by atoms with Gasteiger partial charge in [-0.05, 0) is 19.9 Å². The maximum Gasteiger partial charge on any atom is 0.251 e. The third-order valence-electron chi connectivity index (χ3n) is 3.54. The van der Waals surface area contributed by atoms with E-state index in [9.17, 15) is 9.18 Å². The van der Waals surface area contributed by atoms with Crippen molar-refractivity contribution < 1.29 is 13.9 Å². The van der Waals surface area contributed by atoms with Gasteiger partial charge in [0, 0.05) is 43.0 Å². The van der Waals surface area contributed by atoms with Gasteiger partial charge in [0.05, 0.1) is 13.2 Å². The molecule has 2 heterocycles. The Morgan fingerprint density at radius 3 is 2.85 bits per heavy atom. The lowest BCUT2D eigenvalue weighted by Gasteiger charge is -2.40. The topological polar surface area (TPSA) is 54.5 Å². The van der Waals surface area contributed by atoms with Gasteiger partial charge in [-0.15, -0.1) is 0 Å². The van der Waals surface area contributed by atoms with E-state index in [1.54, 1.807) is 0 Å². The number of nitrogens with one attached hydrogen (secondary N) is 1. The lowest BCUT2D eigenvalue weighted by atomic mass is 10.0. The first kappa shape index (κ1) is 14.9. The molecule has 0 aromatic carbocycles. The van der Waals surface area contributed by atoms with Crippen molar-refractivity contribution in [1.82, 2.24) is 15.2 Å². The Labute approximate surface area is 118 Å². The molecule has 110 valence electrons. The summed E-state index contributed by atoms with van der Waals surface area (Å²) in [5.74, 6) is -0.933. The van der Waals surface area contributed by atoms with Crippen molar-refractivity contribution in [3.63, 3.8) is 0 Å². The monoisotopic (exact) mass is 281 g/mol. The molecule has 5 nitrogen and oxygen atoms in total. The minimum Gasteiger partial charge on any atom is -0.379 e. The van der Waals surface area contributed by atoms with Crippen molar-refractivity contribution in [3.05, 3.63) is 29.8 Å². The van der Waals surface area contributed by atoms with Gasteiger partial charge in [-0.2, -0.15) is 4.39 Å². The molecule has 1 aromatic heterocycles. The first-order valence-electron chi connectivity index (χ1n) is 6.71. The minimum absolute atomic E-state index is 0.162. The molecule has 1 saturated heterocycles. The summed E-state index contributed by atoms with van der Waals surface area (Å²) in [6.07, 6.45) is 1.29. The first-order chi connectivity index (χ1) is 9.49. The maximum atomic E-state index is 13.0. The summed E-state index contributed by atoms with van der Waals surface area (Å²) in [6.45, 7) is 7.78. The molecular weight excluding hydrogens is 261 g/mol. The fraction of sp³-hybridized carbons (Fsp3) is 0.571. The number of aromatic nitrogens is 1. The van der Waals surface area contributed by atoms with Crippen molar-refractivity contribution in [2.45, 2.75) is 19.4 Å². The van der Waals surface area contributed by atoms with Crippen molar-refractivity contribution >= 4 is 5.91 Å². The van der Waals surface area contributed by atoms with Gasteiger partial charge in [-0.3, -0.25) is 9.69 Å². The number of nitrogens with zero attached hydrogens (tertiary/aromatic N) is 2. The summed E-state index contributed by atoms with van der Waals surface area (Å²) in [5.41, 5.74) is 0.126. The Morgan fingerprint density at radius 2 is 2.20 bits per heavy atom. The lowest BCUT2D eigenvalue weighted by Crippen LogP contribution is -2.55. The van der Waals surface area contributed by atoms with Crippen molar-refractivity contribution in [2.24, 2.45) is 0 Å². The molecule has 0 bridgehead atoms. The highest BCUT2D eigenvalue weighted by Gasteiger charge is 2.28. The molecule has 0 aliphatic carbocycles. The van der Waals surface area contributed by atoms with Gasteiger partial charge in [0.2, 0.25) is 5.95 Å². The van der Waals surface area contributed by atoms with Gasteiger partial charge in [-0.25, -0.2) is 4.98 Å². The zero-order valence-electron chi connectivity index (χ0n) is 11.9. The second-order valence-corrected chi connectivity index (χ2v) is 5.46. The van der Waals surface area contributed by atoms with E-state index >= 15 is 0 Å². The van der Waals surface area contributed by atoms with E-state index < -0.39 is 5.95 Å². The number of morpholine rings is 1. The van der Waals surface area contributed by atoms with Crippen LogP contribution in [-0.4, -0.2) is 54.2 Å². The predicted molar refractivity (Wildman–Crippen MR) is 73.0 cm³/mol. The van der Waals surface area contributed by atoms with E-state index in [4.69, 9.17) is 4.74 Å². The number of pyridine rings is 1. The summed E-state index contributed by atoms with van der Waals surface area (Å²) in [5, 5.41) is 2.85. The number of carbonyl (C=O) groups excluding carboxylic acids is 1. The summed E-state index contributed by atoms with van der Waals surface area (Å²) in [7, 11) is 0. The number of ether oxygens (including phenoxy) is 1. The van der Waals surface area contributed by atoms with Crippen LogP contribution in [0.25, 0.3) is 0 Å². The summed E-state index contributed by atoms with van der Waals surface area (Å²) < 4.78 is 18.3. The Kier molecular flexibility index (Phi) is 4.67. The van der Waals surface area contributed by atoms with Crippen LogP contribution in [0.5, 0.6) is 0 Å². The standard InChI is InChI=1S/C14H20FN3O2/c1-14(2,18-5-7-20-8-6-18)10-17-13(19)11-3-4-16-12(15)9-11/h3-4,9H,5-8,10H2,1-2H3,(H,17,19). The third-order valence-corrected chi connectivity index (χ3v) is 3.54. The van der Waals surface area contributed by atoms with Crippen molar-refractivity contribution in [3.8, 4) is 0 Å². The smallest absolute Gasteiger partial charge is 0.251 e. The van der Waals surface area contributed by atoms with Crippen LogP contribution < -0.4 is 5.32 Å². The number of hydrogen-bond acceptors (Lipinski definition) is 4. The van der Waals surface area contributed by atoms with Crippen LogP contribution in [0.3, 0.4) is 0 Å². The quantitative estimate of drug-likeness (QED) is 0.839. The molecule has 1 aliphatic rings. The van der Waals surface area contributed by atoms with Crippen LogP contribution in [0, 0.1) is 5.95 Å². The molecule has 1 fully saturated rings. The summed E-state index contributed by atoms with van der Waals surface area (Å²) in [6, 6.07) is 2.64. The SMILES string of the molecule is CC(C)(CNC(=O)c1ccnc(F)c1)N1CCOCC1. The zero-order valence-corrected chi connectivity index (χ0v) is 11.9. The molecule has 0 saturated carbocycles. The second-order valence-electron chi connectivity index (χ2n) is 5.46. The van der Waals surface area contributed by atoms with E-state index in [1.165, 1.54) is 12.3 Å². The van der Waals surface area contributed by atoms with Gasteiger partial charge in [0.25, 0.3) is 5.91 Å². The highest BCUT2D eigenvalue weighted by atomic mass is 19.1. The Balaban J connectivity index is 1.91. The Morgan fingerprint density at radius 1 is 1.50 bits per heavy atom. The predicted octanol–water partition coefficient (Wildman–Crippen LogP) is 1.06. The van der Waals surface area contributed by atoms with Gasteiger partial charge in [0.1, 0.15) is 0 Å². The fourth-order valence-electron chi connectivity index (χ4n) is 2.22. The summed E-state index contributed by atoms with van der Waals surface area (Å²) in [4.78, 5) is 17.7. The Hall–Kier alpha value is -1.53. The van der Waals surface area contributed by atoms with E-state index in [0.717, 1.165) is 19.2 Å². The Bertz CT molecular complexity index is 473. The molecular formula is C14H20FN3O2. The molecule has 2 rings (SSSR count). The third kappa shape index (κ3) is 3.74. The minimum atomic E-state index is -0.648. The van der Waals surface area contributed by atoms with Crippen LogP contribution in [0.1, 0.15) is 24.2 Å². The fourth-order valence-corrected chi connectivity index (χ4v) is 2.22. The van der Waals surface area contributed by atoms with Gasteiger partial charge in [-0.1, -0.05) is 0 Å². The van der Waals surface area contributed by atoms with E-state index in [2.05, 4.69) is 29.0 Å². The lowest BCUT2D eigenvalue weighted by molar-refractivity contribution is -0.00923. The van der Waals surface area contributed by atoms with Gasteiger partial charge in [0.15, 0.2) is 0 Å². The summed E-state index contributed by atoms with van der Waals surface area (Å²) >= 11 is 0. The van der Waals surface area contributed by atoms with Crippen molar-refractivity contribution in [1.29, 1.82) is 0 Å². The van der Waals surface area contributed by atoms with E-state index in [1.807, 2.05) is 0 Å². The number of rotatable bonds is 4. The molecule has 0 atom stereocenters. The van der Waals surface area contributed by atoms with Crippen LogP contribution >= 0.6 is 0 Å².